The highest BCUT2D eigenvalue weighted by atomic mass is 35.5. The number of nitrogens with two attached hydrogens (primary N) is 1. The summed E-state index contributed by atoms with van der Waals surface area (Å²) < 4.78 is 0. The molecular formula is C14H11Cl3N2O. The van der Waals surface area contributed by atoms with Crippen LogP contribution in [0.1, 0.15) is 15.9 Å². The molecule has 2 aromatic carbocycles. The highest BCUT2D eigenvalue weighted by molar-refractivity contribution is 6.42. The van der Waals surface area contributed by atoms with Crippen molar-refractivity contribution in [1.29, 1.82) is 0 Å². The third-order valence-corrected chi connectivity index (χ3v) is 3.77. The fourth-order valence-electron chi connectivity index (χ4n) is 1.68. The number of hydrogen-bond acceptors (Lipinski definition) is 2. The Morgan fingerprint density at radius 2 is 1.75 bits per heavy atom. The van der Waals surface area contributed by atoms with Crippen LogP contribution in [-0.4, -0.2) is 5.91 Å². The summed E-state index contributed by atoms with van der Waals surface area (Å²) in [5.74, 6) is -0.550. The van der Waals surface area contributed by atoms with E-state index in [4.69, 9.17) is 40.5 Å². The van der Waals surface area contributed by atoms with Crippen LogP contribution in [0.15, 0.2) is 36.4 Å². The van der Waals surface area contributed by atoms with Gasteiger partial charge in [-0.15, -0.1) is 0 Å². The average Bonchev–Trinajstić information content (AvgIpc) is 2.40. The number of halogens is 3. The van der Waals surface area contributed by atoms with Crippen LogP contribution in [-0.2, 0) is 6.54 Å². The van der Waals surface area contributed by atoms with E-state index in [-0.39, 0.29) is 0 Å². The van der Waals surface area contributed by atoms with Gasteiger partial charge in [0.25, 0.3) is 0 Å². The molecule has 2 rings (SSSR count). The standard InChI is InChI=1S/C14H11Cl3N2O/c15-11-4-1-8(5-13(11)17)7-19-9-2-3-10(14(18)20)12(16)6-9/h1-6,19H,7H2,(H2,18,20). The molecule has 3 nitrogen and oxygen atoms in total. The number of carbonyl (C=O) groups is 1. The fourth-order valence-corrected chi connectivity index (χ4v) is 2.27. The minimum Gasteiger partial charge on any atom is -0.381 e. The number of nitrogens with one attached hydrogen (secondary N) is 1. The molecule has 0 unspecified atom stereocenters. The normalized spacial score (nSPS) is 10.3. The molecule has 20 heavy (non-hydrogen) atoms. The van der Waals surface area contributed by atoms with Gasteiger partial charge in [0.2, 0.25) is 5.91 Å². The van der Waals surface area contributed by atoms with E-state index in [9.17, 15) is 4.79 Å². The van der Waals surface area contributed by atoms with Crippen molar-refractivity contribution in [2.45, 2.75) is 6.54 Å². The van der Waals surface area contributed by atoms with E-state index in [1.165, 1.54) is 0 Å². The van der Waals surface area contributed by atoms with Gasteiger partial charge in [-0.25, -0.2) is 0 Å². The van der Waals surface area contributed by atoms with Gasteiger partial charge in [-0.2, -0.15) is 0 Å². The van der Waals surface area contributed by atoms with E-state index in [1.54, 1.807) is 30.3 Å². The molecule has 1 amide bonds. The lowest BCUT2D eigenvalue weighted by atomic mass is 10.2. The van der Waals surface area contributed by atoms with Gasteiger partial charge in [0.15, 0.2) is 0 Å². The van der Waals surface area contributed by atoms with Crippen molar-refractivity contribution >= 4 is 46.4 Å². The number of benzene rings is 2. The SMILES string of the molecule is NC(=O)c1ccc(NCc2ccc(Cl)c(Cl)c2)cc1Cl. The number of rotatable bonds is 4. The third kappa shape index (κ3) is 3.57. The Morgan fingerprint density at radius 3 is 2.35 bits per heavy atom. The fraction of sp³-hybridized carbons (Fsp3) is 0.0714. The van der Waals surface area contributed by atoms with E-state index >= 15 is 0 Å². The summed E-state index contributed by atoms with van der Waals surface area (Å²) in [7, 11) is 0. The Morgan fingerprint density at radius 1 is 1.00 bits per heavy atom. The first kappa shape index (κ1) is 15.0. The molecule has 0 aromatic heterocycles. The first-order chi connectivity index (χ1) is 9.47. The molecule has 0 atom stereocenters. The van der Waals surface area contributed by atoms with Crippen molar-refractivity contribution in [3.05, 3.63) is 62.6 Å². The van der Waals surface area contributed by atoms with Crippen LogP contribution in [0.5, 0.6) is 0 Å². The van der Waals surface area contributed by atoms with Crippen LogP contribution in [0.2, 0.25) is 15.1 Å². The van der Waals surface area contributed by atoms with Crippen LogP contribution < -0.4 is 11.1 Å². The van der Waals surface area contributed by atoms with Crippen LogP contribution in [0, 0.1) is 0 Å². The Balaban J connectivity index is 2.09. The van der Waals surface area contributed by atoms with Gasteiger partial charge in [-0.3, -0.25) is 4.79 Å². The first-order valence-electron chi connectivity index (χ1n) is 5.74. The van der Waals surface area contributed by atoms with E-state index in [1.807, 2.05) is 6.07 Å². The van der Waals surface area contributed by atoms with Crippen LogP contribution >= 0.6 is 34.8 Å². The van der Waals surface area contributed by atoms with E-state index < -0.39 is 5.91 Å². The topological polar surface area (TPSA) is 55.1 Å². The minimum atomic E-state index is -0.550. The molecule has 3 N–H and O–H groups in total. The summed E-state index contributed by atoms with van der Waals surface area (Å²) in [6.07, 6.45) is 0. The second kappa shape index (κ2) is 6.35. The van der Waals surface area contributed by atoms with Gasteiger partial charge in [0.05, 0.1) is 20.6 Å². The average molecular weight is 330 g/mol. The van der Waals surface area contributed by atoms with Crippen molar-refractivity contribution in [2.24, 2.45) is 5.73 Å². The quantitative estimate of drug-likeness (QED) is 0.875. The largest absolute Gasteiger partial charge is 0.381 e. The first-order valence-corrected chi connectivity index (χ1v) is 6.88. The lowest BCUT2D eigenvalue weighted by Gasteiger charge is -2.09. The number of anilines is 1. The van der Waals surface area contributed by atoms with Gasteiger partial charge in [0.1, 0.15) is 0 Å². The molecule has 0 aliphatic carbocycles. The number of primary amides is 1. The van der Waals surface area contributed by atoms with Gasteiger partial charge in [0, 0.05) is 12.2 Å². The molecule has 0 heterocycles. The molecule has 6 heteroatoms. The second-order valence-corrected chi connectivity index (χ2v) is 5.38. The Bertz CT molecular complexity index is 659. The Hall–Kier alpha value is -1.42. The smallest absolute Gasteiger partial charge is 0.250 e. The van der Waals surface area contributed by atoms with Gasteiger partial charge >= 0.3 is 0 Å². The molecule has 0 aliphatic rings. The van der Waals surface area contributed by atoms with E-state index in [0.717, 1.165) is 11.3 Å². The summed E-state index contributed by atoms with van der Waals surface area (Å²) in [6, 6.07) is 10.4. The lowest BCUT2D eigenvalue weighted by molar-refractivity contribution is 0.100. The zero-order valence-electron chi connectivity index (χ0n) is 10.3. The number of carbonyl (C=O) groups excluding carboxylic acids is 1. The maximum Gasteiger partial charge on any atom is 0.250 e. The molecule has 0 fully saturated rings. The van der Waals surface area contributed by atoms with Gasteiger partial charge < -0.3 is 11.1 Å². The summed E-state index contributed by atoms with van der Waals surface area (Å²) >= 11 is 17.8. The van der Waals surface area contributed by atoms with Crippen LogP contribution in [0.25, 0.3) is 0 Å². The summed E-state index contributed by atoms with van der Waals surface area (Å²) in [5.41, 5.74) is 7.25. The van der Waals surface area contributed by atoms with Crippen molar-refractivity contribution in [3.8, 4) is 0 Å². The molecule has 2 aromatic rings. The molecule has 0 saturated heterocycles. The highest BCUT2D eigenvalue weighted by Gasteiger charge is 2.07. The van der Waals surface area contributed by atoms with Crippen LogP contribution in [0.4, 0.5) is 5.69 Å². The number of hydrogen-bond donors (Lipinski definition) is 2. The van der Waals surface area contributed by atoms with Crippen molar-refractivity contribution < 1.29 is 4.79 Å². The van der Waals surface area contributed by atoms with Crippen molar-refractivity contribution in [3.63, 3.8) is 0 Å². The lowest BCUT2D eigenvalue weighted by Crippen LogP contribution is -2.11. The van der Waals surface area contributed by atoms with Gasteiger partial charge in [-0.1, -0.05) is 40.9 Å². The predicted octanol–water partition coefficient (Wildman–Crippen LogP) is 4.36. The zero-order valence-corrected chi connectivity index (χ0v) is 12.6. The highest BCUT2D eigenvalue weighted by Crippen LogP contribution is 2.24. The monoisotopic (exact) mass is 328 g/mol. The minimum absolute atomic E-state index is 0.298. The summed E-state index contributed by atoms with van der Waals surface area (Å²) in [5, 5.41) is 4.52. The molecule has 0 saturated carbocycles. The molecule has 0 bridgehead atoms. The molecule has 0 spiro atoms. The maximum atomic E-state index is 11.1. The molecule has 104 valence electrons. The number of amides is 1. The van der Waals surface area contributed by atoms with E-state index in [0.29, 0.717) is 27.2 Å². The molecule has 0 radical (unpaired) electrons. The molecule has 0 aliphatic heterocycles. The summed E-state index contributed by atoms with van der Waals surface area (Å²) in [6.45, 7) is 0.559. The second-order valence-electron chi connectivity index (χ2n) is 4.16. The predicted molar refractivity (Wildman–Crippen MR) is 83.8 cm³/mol. The van der Waals surface area contributed by atoms with Crippen LogP contribution in [0.3, 0.4) is 0 Å². The Labute approximate surface area is 131 Å². The van der Waals surface area contributed by atoms with Gasteiger partial charge in [-0.05, 0) is 35.9 Å². The zero-order chi connectivity index (χ0) is 14.7. The molecular weight excluding hydrogens is 319 g/mol. The Kier molecular flexibility index (Phi) is 4.76. The van der Waals surface area contributed by atoms with Crippen molar-refractivity contribution in [2.75, 3.05) is 5.32 Å². The van der Waals surface area contributed by atoms with E-state index in [2.05, 4.69) is 5.32 Å². The summed E-state index contributed by atoms with van der Waals surface area (Å²) in [4.78, 5) is 11.1. The maximum absolute atomic E-state index is 11.1. The van der Waals surface area contributed by atoms with Crippen molar-refractivity contribution in [1.82, 2.24) is 0 Å². The third-order valence-electron chi connectivity index (χ3n) is 2.72.